The largest absolute Gasteiger partial charge is 0.394 e. The number of benzene rings is 1. The molecular weight excluding hydrogens is 451 g/mol. The van der Waals surface area contributed by atoms with Crippen LogP contribution in [0.2, 0.25) is 0 Å². The third-order valence-electron chi connectivity index (χ3n) is 6.34. The first-order chi connectivity index (χ1) is 16.1. The van der Waals surface area contributed by atoms with Crippen LogP contribution in [-0.4, -0.2) is 43.2 Å². The molecule has 0 saturated heterocycles. The number of halogens is 3. The average Bonchev–Trinajstić information content (AvgIpc) is 3.14. The van der Waals surface area contributed by atoms with Crippen molar-refractivity contribution in [3.05, 3.63) is 35.8 Å². The Hall–Kier alpha value is -3.41. The zero-order valence-electron chi connectivity index (χ0n) is 18.8. The second-order valence-corrected chi connectivity index (χ2v) is 8.96. The SMILES string of the molecule is C[C@@H](CO)Nc1ncc2nc(Nc3c(F)cc(F)cc3F)n([C@H]3CC[C@](C)(C(N)=O)CC3)c2n1. The van der Waals surface area contributed by atoms with Gasteiger partial charge >= 0.3 is 0 Å². The van der Waals surface area contributed by atoms with Gasteiger partial charge in [0.15, 0.2) is 17.3 Å². The molecule has 1 saturated carbocycles. The number of carbonyl (C=O) groups excluding carboxylic acids is 1. The van der Waals surface area contributed by atoms with Crippen LogP contribution in [0.4, 0.5) is 30.8 Å². The van der Waals surface area contributed by atoms with E-state index in [2.05, 4.69) is 25.6 Å². The van der Waals surface area contributed by atoms with Crippen molar-refractivity contribution in [1.82, 2.24) is 19.5 Å². The number of primary amides is 1. The predicted molar refractivity (Wildman–Crippen MR) is 120 cm³/mol. The summed E-state index contributed by atoms with van der Waals surface area (Å²) in [7, 11) is 0. The number of aromatic nitrogens is 4. The highest BCUT2D eigenvalue weighted by Gasteiger charge is 2.37. The van der Waals surface area contributed by atoms with E-state index < -0.39 is 28.6 Å². The van der Waals surface area contributed by atoms with Gasteiger partial charge in [0, 0.05) is 29.6 Å². The number of amides is 1. The molecule has 1 fully saturated rings. The van der Waals surface area contributed by atoms with Gasteiger partial charge in [0.1, 0.15) is 17.0 Å². The topological polar surface area (TPSA) is 131 Å². The molecule has 0 spiro atoms. The molecular formula is C22H26F3N7O2. The fraction of sp³-hybridized carbons (Fsp3) is 0.455. The van der Waals surface area contributed by atoms with Gasteiger partial charge in [-0.05, 0) is 32.6 Å². The molecule has 5 N–H and O–H groups in total. The summed E-state index contributed by atoms with van der Waals surface area (Å²) in [5, 5.41) is 14.9. The minimum Gasteiger partial charge on any atom is -0.394 e. The van der Waals surface area contributed by atoms with Crippen LogP contribution in [0, 0.1) is 22.9 Å². The minimum absolute atomic E-state index is 0.105. The molecule has 12 heteroatoms. The third-order valence-corrected chi connectivity index (χ3v) is 6.34. The first-order valence-corrected chi connectivity index (χ1v) is 10.9. The summed E-state index contributed by atoms with van der Waals surface area (Å²) in [5.41, 5.74) is 5.16. The van der Waals surface area contributed by atoms with E-state index in [1.54, 1.807) is 11.5 Å². The van der Waals surface area contributed by atoms with Crippen LogP contribution in [-0.2, 0) is 4.79 Å². The zero-order valence-corrected chi connectivity index (χ0v) is 18.8. The lowest BCUT2D eigenvalue weighted by Crippen LogP contribution is -2.38. The molecule has 3 aromatic rings. The van der Waals surface area contributed by atoms with Gasteiger partial charge in [-0.25, -0.2) is 23.1 Å². The van der Waals surface area contributed by atoms with Crippen molar-refractivity contribution in [2.75, 3.05) is 17.2 Å². The normalized spacial score (nSPS) is 21.4. The first-order valence-electron chi connectivity index (χ1n) is 10.9. The maximum absolute atomic E-state index is 14.4. The molecule has 0 aliphatic heterocycles. The fourth-order valence-corrected chi connectivity index (χ4v) is 4.18. The Morgan fingerprint density at radius 1 is 1.26 bits per heavy atom. The van der Waals surface area contributed by atoms with E-state index in [1.807, 2.05) is 6.92 Å². The molecule has 2 aromatic heterocycles. The Bertz CT molecular complexity index is 1200. The van der Waals surface area contributed by atoms with Gasteiger partial charge in [-0.3, -0.25) is 9.36 Å². The van der Waals surface area contributed by atoms with Gasteiger partial charge in [0.05, 0.1) is 12.8 Å². The molecule has 0 unspecified atom stereocenters. The summed E-state index contributed by atoms with van der Waals surface area (Å²) in [6.45, 7) is 3.44. The van der Waals surface area contributed by atoms with Crippen molar-refractivity contribution in [3.63, 3.8) is 0 Å². The van der Waals surface area contributed by atoms with Gasteiger partial charge in [-0.1, -0.05) is 6.92 Å². The summed E-state index contributed by atoms with van der Waals surface area (Å²) in [6.07, 6.45) is 3.60. The number of anilines is 3. The van der Waals surface area contributed by atoms with Crippen LogP contribution >= 0.6 is 0 Å². The maximum atomic E-state index is 14.4. The molecule has 1 aliphatic rings. The number of hydrogen-bond donors (Lipinski definition) is 4. The number of nitrogens with zero attached hydrogens (tertiary/aromatic N) is 4. The Morgan fingerprint density at radius 3 is 2.50 bits per heavy atom. The van der Waals surface area contributed by atoms with Gasteiger partial charge in [-0.15, -0.1) is 0 Å². The lowest BCUT2D eigenvalue weighted by molar-refractivity contribution is -0.128. The number of fused-ring (bicyclic) bond motifs is 1. The number of hydrogen-bond acceptors (Lipinski definition) is 7. The number of imidazole rings is 1. The summed E-state index contributed by atoms with van der Waals surface area (Å²) >= 11 is 0. The number of nitrogens with one attached hydrogen (secondary N) is 2. The summed E-state index contributed by atoms with van der Waals surface area (Å²) in [5.74, 6) is -3.27. The molecule has 1 atom stereocenters. The smallest absolute Gasteiger partial charge is 0.225 e. The molecule has 0 bridgehead atoms. The summed E-state index contributed by atoms with van der Waals surface area (Å²) in [6, 6.07) is 0.648. The molecule has 182 valence electrons. The fourth-order valence-electron chi connectivity index (χ4n) is 4.18. The van der Waals surface area contributed by atoms with Crippen LogP contribution < -0.4 is 16.4 Å². The molecule has 34 heavy (non-hydrogen) atoms. The predicted octanol–water partition coefficient (Wildman–Crippen LogP) is 3.39. The lowest BCUT2D eigenvalue weighted by atomic mass is 9.73. The van der Waals surface area contributed by atoms with Gasteiger partial charge in [-0.2, -0.15) is 4.98 Å². The number of aliphatic hydroxyl groups excluding tert-OH is 1. The van der Waals surface area contributed by atoms with Crippen molar-refractivity contribution in [2.24, 2.45) is 11.1 Å². The summed E-state index contributed by atoms with van der Waals surface area (Å²) in [4.78, 5) is 25.0. The molecule has 1 aliphatic carbocycles. The van der Waals surface area contributed by atoms with E-state index in [-0.39, 0.29) is 36.5 Å². The number of aliphatic hydroxyl groups is 1. The van der Waals surface area contributed by atoms with Crippen molar-refractivity contribution < 1.29 is 23.1 Å². The molecule has 2 heterocycles. The van der Waals surface area contributed by atoms with Crippen LogP contribution in [0.15, 0.2) is 18.3 Å². The first kappa shape index (κ1) is 23.7. The average molecular weight is 477 g/mol. The lowest BCUT2D eigenvalue weighted by Gasteiger charge is -2.35. The van der Waals surface area contributed by atoms with E-state index >= 15 is 0 Å². The van der Waals surface area contributed by atoms with Crippen molar-refractivity contribution in [1.29, 1.82) is 0 Å². The molecule has 4 rings (SSSR count). The van der Waals surface area contributed by atoms with Gasteiger partial charge < -0.3 is 21.5 Å². The number of nitrogens with two attached hydrogens (primary N) is 1. The summed E-state index contributed by atoms with van der Waals surface area (Å²) < 4.78 is 43.8. The van der Waals surface area contributed by atoms with Crippen LogP contribution in [0.3, 0.4) is 0 Å². The van der Waals surface area contributed by atoms with Crippen molar-refractivity contribution in [3.8, 4) is 0 Å². The molecule has 1 amide bonds. The van der Waals surface area contributed by atoms with Crippen molar-refractivity contribution in [2.45, 2.75) is 51.6 Å². The van der Waals surface area contributed by atoms with Gasteiger partial charge in [0.2, 0.25) is 17.8 Å². The zero-order chi connectivity index (χ0) is 24.6. The Labute approximate surface area is 193 Å². The number of rotatable bonds is 7. The Kier molecular flexibility index (Phi) is 6.34. The van der Waals surface area contributed by atoms with E-state index in [0.717, 1.165) is 0 Å². The maximum Gasteiger partial charge on any atom is 0.225 e. The monoisotopic (exact) mass is 477 g/mol. The Balaban J connectivity index is 1.78. The molecule has 1 aromatic carbocycles. The van der Waals surface area contributed by atoms with E-state index in [0.29, 0.717) is 49.0 Å². The molecule has 0 radical (unpaired) electrons. The van der Waals surface area contributed by atoms with Crippen LogP contribution in [0.25, 0.3) is 11.2 Å². The third kappa shape index (κ3) is 4.49. The highest BCUT2D eigenvalue weighted by molar-refractivity contribution is 5.80. The van der Waals surface area contributed by atoms with E-state index in [4.69, 9.17) is 5.73 Å². The van der Waals surface area contributed by atoms with Crippen LogP contribution in [0.1, 0.15) is 45.6 Å². The van der Waals surface area contributed by atoms with Gasteiger partial charge in [0.25, 0.3) is 0 Å². The molecule has 9 nitrogen and oxygen atoms in total. The second kappa shape index (κ2) is 9.09. The van der Waals surface area contributed by atoms with Crippen molar-refractivity contribution >= 4 is 34.7 Å². The highest BCUT2D eigenvalue weighted by atomic mass is 19.1. The number of carbonyl (C=O) groups is 1. The van der Waals surface area contributed by atoms with E-state index in [9.17, 15) is 23.1 Å². The second-order valence-electron chi connectivity index (χ2n) is 8.96. The Morgan fingerprint density at radius 2 is 1.91 bits per heavy atom. The highest BCUT2D eigenvalue weighted by Crippen LogP contribution is 2.43. The van der Waals surface area contributed by atoms with E-state index in [1.165, 1.54) is 6.20 Å². The minimum atomic E-state index is -1.11. The quantitative estimate of drug-likeness (QED) is 0.410. The van der Waals surface area contributed by atoms with Crippen LogP contribution in [0.5, 0.6) is 0 Å². The standard InChI is InChI=1S/C22H26F3N7O2/c1-11(10-33)28-20-27-9-16-18(31-20)32(13-3-5-22(2,6-4-13)19(26)34)21(29-16)30-17-14(24)7-12(23)8-15(17)25/h7-9,11,13,33H,3-6,10H2,1-2H3,(H2,26,34)(H,29,30)(H,27,28,31)/t11-,13-,22-/m0/s1.